The largest absolute Gasteiger partial charge is 0.0528 e. The van der Waals surface area contributed by atoms with Crippen LogP contribution in [0.15, 0.2) is 0 Å². The summed E-state index contributed by atoms with van der Waals surface area (Å²) in [6, 6.07) is 0. The summed E-state index contributed by atoms with van der Waals surface area (Å²) in [6.07, 6.45) is 54.6. The van der Waals surface area contributed by atoms with E-state index in [0.717, 1.165) is 47.3 Å². The van der Waals surface area contributed by atoms with Gasteiger partial charge in [-0.2, -0.15) is 0 Å². The van der Waals surface area contributed by atoms with Gasteiger partial charge in [-0.25, -0.2) is 0 Å². The average Bonchev–Trinajstić information content (AvgIpc) is 3.87. The molecule has 47 heavy (non-hydrogen) atoms. The van der Waals surface area contributed by atoms with Gasteiger partial charge in [0.15, 0.2) is 0 Å². The Bertz CT molecular complexity index is 708. The fourth-order valence-electron chi connectivity index (χ4n) is 13.8. The van der Waals surface area contributed by atoms with Crippen LogP contribution in [0.3, 0.4) is 0 Å². The topological polar surface area (TPSA) is 0 Å². The van der Waals surface area contributed by atoms with Crippen LogP contribution < -0.4 is 0 Å². The first-order valence-corrected chi connectivity index (χ1v) is 23.2. The number of rotatable bonds is 0. The molecule has 4 unspecified atom stereocenters. The van der Waals surface area contributed by atoms with E-state index in [-0.39, 0.29) is 0 Å². The molecule has 0 spiro atoms. The summed E-state index contributed by atoms with van der Waals surface area (Å²) in [5.41, 5.74) is 0. The van der Waals surface area contributed by atoms with Crippen molar-refractivity contribution in [2.45, 2.75) is 225 Å². The fourth-order valence-corrected chi connectivity index (χ4v) is 13.8. The van der Waals surface area contributed by atoms with E-state index in [1.54, 1.807) is 199 Å². The Morgan fingerprint density at radius 3 is 0.468 bits per heavy atom. The second-order valence-electron chi connectivity index (χ2n) is 20.5. The Morgan fingerprint density at radius 2 is 0.277 bits per heavy atom. The highest BCUT2D eigenvalue weighted by Gasteiger charge is 2.33. The monoisotopic (exact) mass is 647 g/mol. The SMILES string of the molecule is C1CC2CC(C1)C2.C1CC2CCC(C1)C2.C1CC2CCC(C1)C2.C1CC2CCC(C1)CC2.C1CC2CCC1C2.C1CC2CCC1CC2. The lowest BCUT2D eigenvalue weighted by Gasteiger charge is -2.40. The van der Waals surface area contributed by atoms with E-state index in [2.05, 4.69) is 0 Å². The molecule has 0 amide bonds. The molecular formula is C47H82. The van der Waals surface area contributed by atoms with Crippen LogP contribution in [0, 0.1) is 71.0 Å². The Hall–Kier alpha value is 0. The van der Waals surface area contributed by atoms with Gasteiger partial charge in [-0.1, -0.05) is 193 Å². The fraction of sp³-hybridized carbons (Fsp3) is 1.00. The van der Waals surface area contributed by atoms with Gasteiger partial charge in [0.25, 0.3) is 0 Å². The van der Waals surface area contributed by atoms with E-state index < -0.39 is 0 Å². The summed E-state index contributed by atoms with van der Waals surface area (Å²) >= 11 is 0. The van der Waals surface area contributed by atoms with Crippen molar-refractivity contribution >= 4 is 0 Å². The molecule has 15 fully saturated rings. The minimum Gasteiger partial charge on any atom is -0.0528 e. The molecule has 4 atom stereocenters. The second kappa shape index (κ2) is 18.5. The molecule has 0 aliphatic heterocycles. The van der Waals surface area contributed by atoms with Gasteiger partial charge in [0.2, 0.25) is 0 Å². The lowest BCUT2D eigenvalue weighted by atomic mass is 9.65. The maximum absolute atomic E-state index is 1.58. The van der Waals surface area contributed by atoms with Gasteiger partial charge in [-0.15, -0.1) is 0 Å². The Balaban J connectivity index is 0.0000000898. The number of hydrogen-bond acceptors (Lipinski definition) is 0. The quantitative estimate of drug-likeness (QED) is 0.246. The molecule has 15 saturated carbocycles. The van der Waals surface area contributed by atoms with Crippen LogP contribution in [0.25, 0.3) is 0 Å². The highest BCUT2D eigenvalue weighted by molar-refractivity contribution is 4.85. The first kappa shape index (κ1) is 35.4. The summed E-state index contributed by atoms with van der Waals surface area (Å²) < 4.78 is 0. The van der Waals surface area contributed by atoms with Crippen LogP contribution in [0.1, 0.15) is 225 Å². The molecule has 0 aromatic rings. The first-order chi connectivity index (χ1) is 23.2. The molecule has 12 bridgehead atoms. The summed E-state index contributed by atoms with van der Waals surface area (Å²) in [5.74, 6) is 13.9. The van der Waals surface area contributed by atoms with Crippen LogP contribution in [0.5, 0.6) is 0 Å². The zero-order valence-corrected chi connectivity index (χ0v) is 31.7. The summed E-state index contributed by atoms with van der Waals surface area (Å²) in [7, 11) is 0. The van der Waals surface area contributed by atoms with Gasteiger partial charge in [0.1, 0.15) is 0 Å². The lowest BCUT2D eigenvalue weighted by molar-refractivity contribution is 0.116. The molecule has 0 N–H and O–H groups in total. The van der Waals surface area contributed by atoms with Crippen molar-refractivity contribution < 1.29 is 0 Å². The van der Waals surface area contributed by atoms with Crippen LogP contribution in [-0.2, 0) is 0 Å². The first-order valence-electron chi connectivity index (χ1n) is 23.2. The van der Waals surface area contributed by atoms with Crippen molar-refractivity contribution in [3.63, 3.8) is 0 Å². The minimum atomic E-state index is 1.14. The van der Waals surface area contributed by atoms with Gasteiger partial charge >= 0.3 is 0 Å². The average molecular weight is 647 g/mol. The molecule has 0 heteroatoms. The molecule has 0 radical (unpaired) electrons. The summed E-state index contributed by atoms with van der Waals surface area (Å²) in [5, 5.41) is 0. The number of fused-ring (bicyclic) bond motifs is 15. The van der Waals surface area contributed by atoms with Crippen LogP contribution in [-0.4, -0.2) is 0 Å². The predicted molar refractivity (Wildman–Crippen MR) is 203 cm³/mol. The van der Waals surface area contributed by atoms with E-state index in [0.29, 0.717) is 0 Å². The molecule has 0 aromatic heterocycles. The van der Waals surface area contributed by atoms with E-state index >= 15 is 0 Å². The van der Waals surface area contributed by atoms with Crippen molar-refractivity contribution in [3.8, 4) is 0 Å². The maximum Gasteiger partial charge on any atom is -0.0409 e. The standard InChI is InChI=1S/C9H16.3C8H14.2C7H12/c1-2-8-4-6-9(3-1)7-5-8;1-2-8-5-3-7(1)4-6-8;2*1-2-7-4-5-8(3-1)6-7;1-2-7-4-3-6(1)5-7;1-2-6-4-7(3-1)5-6/h8-9H,1-7H2;3*7-8H,1-6H2;2*6-7H,1-5H2. The van der Waals surface area contributed by atoms with E-state index in [1.807, 2.05) is 0 Å². The van der Waals surface area contributed by atoms with Gasteiger partial charge < -0.3 is 0 Å². The molecule has 15 rings (SSSR count). The third-order valence-corrected chi connectivity index (χ3v) is 17.1. The Labute approximate surface area is 294 Å². The zero-order valence-electron chi connectivity index (χ0n) is 31.7. The van der Waals surface area contributed by atoms with Gasteiger partial charge in [0.05, 0.1) is 0 Å². The number of hydrogen-bond donors (Lipinski definition) is 0. The predicted octanol–water partition coefficient (Wildman–Crippen LogP) is 15.1. The third kappa shape index (κ3) is 11.2. The highest BCUT2D eigenvalue weighted by Crippen LogP contribution is 2.46. The molecule has 15 aliphatic rings. The summed E-state index contributed by atoms with van der Waals surface area (Å²) in [6.45, 7) is 0. The van der Waals surface area contributed by atoms with E-state index in [1.165, 1.54) is 49.4 Å². The van der Waals surface area contributed by atoms with Crippen molar-refractivity contribution in [1.29, 1.82) is 0 Å². The zero-order chi connectivity index (χ0) is 31.7. The van der Waals surface area contributed by atoms with Crippen molar-refractivity contribution in [3.05, 3.63) is 0 Å². The van der Waals surface area contributed by atoms with Crippen molar-refractivity contribution in [2.24, 2.45) is 71.0 Å². The van der Waals surface area contributed by atoms with Gasteiger partial charge in [0, 0.05) is 0 Å². The van der Waals surface area contributed by atoms with Crippen molar-refractivity contribution in [2.75, 3.05) is 0 Å². The van der Waals surface area contributed by atoms with E-state index in [9.17, 15) is 0 Å². The highest BCUT2D eigenvalue weighted by atomic mass is 14.4. The third-order valence-electron chi connectivity index (χ3n) is 17.1. The van der Waals surface area contributed by atoms with Crippen LogP contribution >= 0.6 is 0 Å². The molecule has 0 nitrogen and oxygen atoms in total. The molecule has 0 aromatic carbocycles. The van der Waals surface area contributed by atoms with Crippen molar-refractivity contribution in [1.82, 2.24) is 0 Å². The molecule has 0 saturated heterocycles. The maximum atomic E-state index is 1.58. The van der Waals surface area contributed by atoms with E-state index in [4.69, 9.17) is 0 Å². The smallest absolute Gasteiger partial charge is 0.0409 e. The summed E-state index contributed by atoms with van der Waals surface area (Å²) in [4.78, 5) is 0. The van der Waals surface area contributed by atoms with Crippen LogP contribution in [0.2, 0.25) is 0 Å². The molecule has 15 aliphatic carbocycles. The molecule has 0 heterocycles. The normalized spacial score (nSPS) is 45.4. The lowest BCUT2D eigenvalue weighted by Crippen LogP contribution is -2.28. The minimum absolute atomic E-state index is 1.14. The molecule has 270 valence electrons. The Morgan fingerprint density at radius 1 is 0.128 bits per heavy atom. The van der Waals surface area contributed by atoms with Gasteiger partial charge in [-0.05, 0) is 103 Å². The van der Waals surface area contributed by atoms with Crippen LogP contribution in [0.4, 0.5) is 0 Å². The Kier molecular flexibility index (Phi) is 13.9. The second-order valence-corrected chi connectivity index (χ2v) is 20.5. The molecular weight excluding hydrogens is 565 g/mol. The van der Waals surface area contributed by atoms with Gasteiger partial charge in [-0.3, -0.25) is 0 Å².